The zero-order valence-corrected chi connectivity index (χ0v) is 19.3. The van der Waals surface area contributed by atoms with E-state index in [4.69, 9.17) is 4.78 Å². The van der Waals surface area contributed by atoms with Crippen molar-refractivity contribution in [2.75, 3.05) is 11.6 Å². The Labute approximate surface area is 195 Å². The van der Waals surface area contributed by atoms with Gasteiger partial charge >= 0.3 is 6.18 Å². The molecular weight excluding hydrogens is 505 g/mol. The van der Waals surface area contributed by atoms with E-state index < -0.39 is 86.7 Å². The smallest absolute Gasteiger partial charge is 0.318 e. The van der Waals surface area contributed by atoms with E-state index in [-0.39, 0.29) is 17.7 Å². The maximum atomic E-state index is 14.9. The molecular formula is C21H21F7N4O2S. The Kier molecular flexibility index (Phi) is 5.58. The van der Waals surface area contributed by atoms with Gasteiger partial charge in [-0.25, -0.2) is 26.6 Å². The van der Waals surface area contributed by atoms with Gasteiger partial charge in [0.2, 0.25) is 5.92 Å². The minimum Gasteiger partial charge on any atom is -0.318 e. The molecule has 35 heavy (non-hydrogen) atoms. The average molecular weight is 526 g/mol. The molecule has 2 aliphatic carbocycles. The Hall–Kier alpha value is -2.64. The summed E-state index contributed by atoms with van der Waals surface area (Å²) >= 11 is 0. The number of carbonyl (C=O) groups excluding carboxylic acids is 1. The van der Waals surface area contributed by atoms with Gasteiger partial charge in [0.1, 0.15) is 22.8 Å². The first kappa shape index (κ1) is 25.5. The van der Waals surface area contributed by atoms with Crippen LogP contribution in [0.15, 0.2) is 23.1 Å². The molecule has 2 N–H and O–H groups in total. The number of carbonyl (C=O) groups is 1. The lowest BCUT2D eigenvalue weighted by atomic mass is 9.67. The minimum absolute atomic E-state index is 0.190. The topological polar surface area (TPSA) is 87.8 Å². The van der Waals surface area contributed by atoms with Gasteiger partial charge in [-0.15, -0.1) is 0 Å². The zero-order chi connectivity index (χ0) is 26.2. The monoisotopic (exact) mass is 526 g/mol. The molecule has 6 nitrogen and oxygen atoms in total. The van der Waals surface area contributed by atoms with Gasteiger partial charge in [-0.1, -0.05) is 6.92 Å². The van der Waals surface area contributed by atoms with Crippen molar-refractivity contribution in [2.24, 2.45) is 5.41 Å². The zero-order valence-electron chi connectivity index (χ0n) is 18.5. The molecule has 1 amide bonds. The van der Waals surface area contributed by atoms with E-state index in [1.165, 1.54) is 6.92 Å². The normalized spacial score (nSPS) is 21.6. The van der Waals surface area contributed by atoms with Gasteiger partial charge in [0.05, 0.1) is 15.4 Å². The molecule has 192 valence electrons. The first-order valence-electron chi connectivity index (χ1n) is 10.4. The van der Waals surface area contributed by atoms with Crippen LogP contribution in [0.1, 0.15) is 54.4 Å². The van der Waals surface area contributed by atoms with E-state index in [1.807, 2.05) is 5.32 Å². The molecule has 1 heterocycles. The summed E-state index contributed by atoms with van der Waals surface area (Å²) in [5.41, 5.74) is -8.08. The van der Waals surface area contributed by atoms with E-state index in [2.05, 4.69) is 5.10 Å². The Balaban J connectivity index is 1.81. The highest BCUT2D eigenvalue weighted by Gasteiger charge is 2.57. The largest absolute Gasteiger partial charge is 0.420 e. The second kappa shape index (κ2) is 7.68. The summed E-state index contributed by atoms with van der Waals surface area (Å²) in [5.74, 6) is -5.61. The highest BCUT2D eigenvalue weighted by atomic mass is 32.2. The number of hydrogen-bond donors (Lipinski definition) is 2. The van der Waals surface area contributed by atoms with Crippen LogP contribution >= 0.6 is 0 Å². The number of amides is 1. The van der Waals surface area contributed by atoms with Crippen LogP contribution < -0.4 is 5.32 Å². The summed E-state index contributed by atoms with van der Waals surface area (Å²) in [6.45, 7) is 0.862. The van der Waals surface area contributed by atoms with Crippen molar-refractivity contribution < 1.29 is 39.7 Å². The molecule has 2 aromatic rings. The Bertz CT molecular complexity index is 1310. The standard InChI is InChI=1S/C21H21F7N4O2S/c1-18(8-20(24,25)9-18)10-32-15(14(21(26,27)28)16(31-32)19(23)5-6-19)17(33)30-13-7-11(35(2,29)34)3-4-12(13)22/h3-4,7,29H,5-6,8-10H2,1-2H3,(H,30,33). The van der Waals surface area contributed by atoms with Gasteiger partial charge in [-0.2, -0.15) is 18.3 Å². The summed E-state index contributed by atoms with van der Waals surface area (Å²) < 4.78 is 119. The summed E-state index contributed by atoms with van der Waals surface area (Å²) in [6.07, 6.45) is -6.04. The molecule has 1 aromatic heterocycles. The molecule has 2 fully saturated rings. The Morgan fingerprint density at radius 2 is 1.83 bits per heavy atom. The van der Waals surface area contributed by atoms with E-state index in [0.717, 1.165) is 24.5 Å². The summed E-state index contributed by atoms with van der Waals surface area (Å²) in [7, 11) is -3.36. The number of benzene rings is 1. The maximum absolute atomic E-state index is 14.9. The molecule has 1 unspecified atom stereocenters. The number of nitrogens with zero attached hydrogens (tertiary/aromatic N) is 2. The third kappa shape index (κ3) is 4.89. The van der Waals surface area contributed by atoms with Crippen LogP contribution in [-0.2, 0) is 28.1 Å². The second-order valence-electron chi connectivity index (χ2n) is 9.65. The Morgan fingerprint density at radius 3 is 2.31 bits per heavy atom. The van der Waals surface area contributed by atoms with Crippen molar-refractivity contribution in [1.82, 2.24) is 9.78 Å². The molecule has 2 saturated carbocycles. The first-order valence-corrected chi connectivity index (χ1v) is 12.4. The van der Waals surface area contributed by atoms with Gasteiger partial charge in [0.25, 0.3) is 5.91 Å². The predicted molar refractivity (Wildman–Crippen MR) is 111 cm³/mol. The lowest BCUT2D eigenvalue weighted by Crippen LogP contribution is -2.47. The molecule has 1 atom stereocenters. The van der Waals surface area contributed by atoms with E-state index in [0.29, 0.717) is 4.68 Å². The van der Waals surface area contributed by atoms with Gasteiger partial charge in [-0.05, 0) is 36.5 Å². The molecule has 14 heteroatoms. The number of rotatable bonds is 6. The fourth-order valence-electron chi connectivity index (χ4n) is 4.43. The van der Waals surface area contributed by atoms with Crippen LogP contribution in [0.25, 0.3) is 0 Å². The van der Waals surface area contributed by atoms with Gasteiger partial charge in [-0.3, -0.25) is 9.48 Å². The van der Waals surface area contributed by atoms with Crippen molar-refractivity contribution in [1.29, 1.82) is 4.78 Å². The molecule has 2 aliphatic rings. The van der Waals surface area contributed by atoms with E-state index in [9.17, 15) is 39.7 Å². The lowest BCUT2D eigenvalue weighted by molar-refractivity contribution is -0.160. The second-order valence-corrected chi connectivity index (χ2v) is 11.8. The minimum atomic E-state index is -5.23. The van der Waals surface area contributed by atoms with Crippen molar-refractivity contribution >= 4 is 21.3 Å². The van der Waals surface area contributed by atoms with Gasteiger partial charge in [0.15, 0.2) is 5.67 Å². The number of anilines is 1. The van der Waals surface area contributed by atoms with Gasteiger partial charge in [0, 0.05) is 30.5 Å². The van der Waals surface area contributed by atoms with Crippen molar-refractivity contribution in [3.05, 3.63) is 41.0 Å². The van der Waals surface area contributed by atoms with E-state index >= 15 is 0 Å². The molecule has 0 bridgehead atoms. The van der Waals surface area contributed by atoms with Gasteiger partial charge < -0.3 is 5.32 Å². The highest BCUT2D eigenvalue weighted by Crippen LogP contribution is 2.55. The third-order valence-electron chi connectivity index (χ3n) is 6.10. The van der Waals surface area contributed by atoms with Crippen LogP contribution in [0.3, 0.4) is 0 Å². The fraction of sp³-hybridized carbons (Fsp3) is 0.524. The number of hydrogen-bond acceptors (Lipinski definition) is 4. The quantitative estimate of drug-likeness (QED) is 0.472. The van der Waals surface area contributed by atoms with Crippen molar-refractivity contribution in [3.63, 3.8) is 0 Å². The van der Waals surface area contributed by atoms with Crippen LogP contribution in [-0.4, -0.2) is 32.1 Å². The summed E-state index contributed by atoms with van der Waals surface area (Å²) in [6, 6.07) is 2.67. The Morgan fingerprint density at radius 1 is 1.23 bits per heavy atom. The molecule has 0 saturated heterocycles. The average Bonchev–Trinajstić information content (AvgIpc) is 3.27. The summed E-state index contributed by atoms with van der Waals surface area (Å²) in [4.78, 5) is 12.9. The predicted octanol–water partition coefficient (Wildman–Crippen LogP) is 5.72. The molecule has 0 spiro atoms. The van der Waals surface area contributed by atoms with Crippen LogP contribution in [0.5, 0.6) is 0 Å². The first-order chi connectivity index (χ1) is 15.8. The third-order valence-corrected chi connectivity index (χ3v) is 7.26. The number of alkyl halides is 6. The van der Waals surface area contributed by atoms with Crippen molar-refractivity contribution in [3.8, 4) is 0 Å². The van der Waals surface area contributed by atoms with Crippen LogP contribution in [0.2, 0.25) is 0 Å². The molecule has 0 radical (unpaired) electrons. The SMILES string of the molecule is CC1(Cn2nc(C3(F)CC3)c(C(F)(F)F)c2C(=O)Nc2cc(S(C)(=N)=O)ccc2F)CC(F)(F)C1. The fourth-order valence-corrected chi connectivity index (χ4v) is 5.10. The van der Waals surface area contributed by atoms with Crippen LogP contribution in [0.4, 0.5) is 36.4 Å². The number of nitrogens with one attached hydrogen (secondary N) is 2. The molecule has 0 aliphatic heterocycles. The van der Waals surface area contributed by atoms with Crippen LogP contribution in [0, 0.1) is 16.0 Å². The molecule has 4 rings (SSSR count). The van der Waals surface area contributed by atoms with E-state index in [1.54, 1.807) is 0 Å². The van der Waals surface area contributed by atoms with Crippen molar-refractivity contribution in [2.45, 2.75) is 61.8 Å². The highest BCUT2D eigenvalue weighted by molar-refractivity contribution is 7.91. The number of halogens is 7. The molecule has 1 aromatic carbocycles. The number of aromatic nitrogens is 2. The summed E-state index contributed by atoms with van der Waals surface area (Å²) in [5, 5.41) is 5.67. The maximum Gasteiger partial charge on any atom is 0.420 e. The lowest BCUT2D eigenvalue weighted by Gasteiger charge is -2.44.